The van der Waals surface area contributed by atoms with E-state index in [-0.39, 0.29) is 0 Å². The highest BCUT2D eigenvalue weighted by Gasteiger charge is 2.14. The number of anilines is 1. The van der Waals surface area contributed by atoms with E-state index in [9.17, 15) is 0 Å². The van der Waals surface area contributed by atoms with Crippen LogP contribution in [0.15, 0.2) is 0 Å². The average molecular weight is 209 g/mol. The Morgan fingerprint density at radius 1 is 1.40 bits per heavy atom. The topological polar surface area (TPSA) is 70.0 Å². The summed E-state index contributed by atoms with van der Waals surface area (Å²) in [6, 6.07) is 0. The molecule has 0 radical (unpaired) electrons. The maximum atomic E-state index is 5.99. The molecule has 84 valence electrons. The van der Waals surface area contributed by atoms with Crippen molar-refractivity contribution in [3.63, 3.8) is 0 Å². The lowest BCUT2D eigenvalue weighted by Crippen LogP contribution is -2.43. The molecule has 1 saturated heterocycles. The molecule has 0 spiro atoms. The summed E-state index contributed by atoms with van der Waals surface area (Å²) >= 11 is 0. The van der Waals surface area contributed by atoms with Crippen LogP contribution in [0.2, 0.25) is 0 Å². The van der Waals surface area contributed by atoms with Gasteiger partial charge in [0.2, 0.25) is 0 Å². The predicted molar refractivity (Wildman–Crippen MR) is 60.5 cm³/mol. The number of hydrogen-bond acceptors (Lipinski definition) is 4. The van der Waals surface area contributed by atoms with E-state index in [2.05, 4.69) is 27.3 Å². The van der Waals surface area contributed by atoms with Crippen LogP contribution in [0.3, 0.4) is 0 Å². The number of nitrogens with two attached hydrogens (primary N) is 1. The summed E-state index contributed by atoms with van der Waals surface area (Å²) in [4.78, 5) is 2.39. The summed E-state index contributed by atoms with van der Waals surface area (Å²) in [6.45, 7) is 7.25. The summed E-state index contributed by atoms with van der Waals surface area (Å²) < 4.78 is 0. The van der Waals surface area contributed by atoms with Gasteiger partial charge >= 0.3 is 0 Å². The standard InChI is InChI=1S/C10H19N5/c1-2-8-10(11)9(14-13-8)7-15-5-3-12-4-6-15/h12H,2-7,11H2,1H3,(H,13,14). The van der Waals surface area contributed by atoms with Crippen LogP contribution in [-0.4, -0.2) is 41.3 Å². The zero-order chi connectivity index (χ0) is 10.7. The molecule has 0 atom stereocenters. The Morgan fingerprint density at radius 2 is 2.13 bits per heavy atom. The second-order valence-electron chi connectivity index (χ2n) is 3.94. The maximum absolute atomic E-state index is 5.99. The summed E-state index contributed by atoms with van der Waals surface area (Å²) in [5.74, 6) is 0. The summed E-state index contributed by atoms with van der Waals surface area (Å²) in [7, 11) is 0. The van der Waals surface area contributed by atoms with E-state index in [0.29, 0.717) is 0 Å². The molecule has 0 bridgehead atoms. The van der Waals surface area contributed by atoms with Crippen molar-refractivity contribution < 1.29 is 0 Å². The van der Waals surface area contributed by atoms with Crippen LogP contribution in [0.5, 0.6) is 0 Å². The number of piperazine rings is 1. The minimum atomic E-state index is 0.844. The largest absolute Gasteiger partial charge is 0.396 e. The van der Waals surface area contributed by atoms with Gasteiger partial charge in [-0.15, -0.1) is 0 Å². The first-order valence-electron chi connectivity index (χ1n) is 5.56. The van der Waals surface area contributed by atoms with Crippen molar-refractivity contribution in [1.29, 1.82) is 0 Å². The van der Waals surface area contributed by atoms with E-state index >= 15 is 0 Å². The fourth-order valence-corrected chi connectivity index (χ4v) is 1.91. The molecule has 2 rings (SSSR count). The molecule has 0 unspecified atom stereocenters. The minimum absolute atomic E-state index is 0.844. The SMILES string of the molecule is CCc1n[nH]c(CN2CCNCC2)c1N. The molecule has 1 aromatic heterocycles. The van der Waals surface area contributed by atoms with Crippen LogP contribution in [0.4, 0.5) is 5.69 Å². The van der Waals surface area contributed by atoms with Crippen LogP contribution in [0.25, 0.3) is 0 Å². The Balaban J connectivity index is 2.00. The molecule has 0 aliphatic carbocycles. The van der Waals surface area contributed by atoms with Crippen LogP contribution < -0.4 is 11.1 Å². The zero-order valence-corrected chi connectivity index (χ0v) is 9.21. The van der Waals surface area contributed by atoms with E-state index in [1.54, 1.807) is 0 Å². The van der Waals surface area contributed by atoms with Crippen molar-refractivity contribution in [1.82, 2.24) is 20.4 Å². The number of rotatable bonds is 3. The highest BCUT2D eigenvalue weighted by Crippen LogP contribution is 2.16. The molecule has 15 heavy (non-hydrogen) atoms. The van der Waals surface area contributed by atoms with Crippen LogP contribution in [-0.2, 0) is 13.0 Å². The quantitative estimate of drug-likeness (QED) is 0.653. The molecule has 2 heterocycles. The summed E-state index contributed by atoms with van der Waals surface area (Å²) in [5, 5.41) is 10.6. The van der Waals surface area contributed by atoms with Crippen molar-refractivity contribution in [3.05, 3.63) is 11.4 Å². The summed E-state index contributed by atoms with van der Waals surface area (Å²) in [5.41, 5.74) is 8.89. The highest BCUT2D eigenvalue weighted by molar-refractivity contribution is 5.47. The van der Waals surface area contributed by atoms with Gasteiger partial charge in [-0.2, -0.15) is 5.10 Å². The van der Waals surface area contributed by atoms with E-state index in [0.717, 1.165) is 56.2 Å². The second-order valence-corrected chi connectivity index (χ2v) is 3.94. The predicted octanol–water partition coefficient (Wildman–Crippen LogP) is -0.0405. The van der Waals surface area contributed by atoms with E-state index in [4.69, 9.17) is 5.73 Å². The first kappa shape index (κ1) is 10.4. The first-order valence-corrected chi connectivity index (χ1v) is 5.56. The van der Waals surface area contributed by atoms with Crippen LogP contribution in [0.1, 0.15) is 18.3 Å². The lowest BCUT2D eigenvalue weighted by molar-refractivity contribution is 0.231. The molecule has 5 heteroatoms. The summed E-state index contributed by atoms with van der Waals surface area (Å²) in [6.07, 6.45) is 0.893. The molecular formula is C10H19N5. The van der Waals surface area contributed by atoms with Gasteiger partial charge in [0, 0.05) is 32.7 Å². The number of aromatic nitrogens is 2. The second kappa shape index (κ2) is 4.63. The Kier molecular flexibility index (Phi) is 3.23. The lowest BCUT2D eigenvalue weighted by atomic mass is 10.2. The number of H-pyrrole nitrogens is 1. The number of nitrogens with one attached hydrogen (secondary N) is 2. The van der Waals surface area contributed by atoms with Gasteiger partial charge in [-0.1, -0.05) is 6.92 Å². The van der Waals surface area contributed by atoms with Crippen molar-refractivity contribution in [2.24, 2.45) is 0 Å². The molecule has 4 N–H and O–H groups in total. The molecule has 1 fully saturated rings. The first-order chi connectivity index (χ1) is 7.31. The fraction of sp³-hybridized carbons (Fsp3) is 0.700. The molecule has 1 aliphatic heterocycles. The molecular weight excluding hydrogens is 190 g/mol. The van der Waals surface area contributed by atoms with E-state index in [1.807, 2.05) is 0 Å². The van der Waals surface area contributed by atoms with Crippen molar-refractivity contribution >= 4 is 5.69 Å². The Labute approximate surface area is 90.0 Å². The number of aromatic amines is 1. The fourth-order valence-electron chi connectivity index (χ4n) is 1.91. The Hall–Kier alpha value is -1.07. The van der Waals surface area contributed by atoms with Crippen LogP contribution >= 0.6 is 0 Å². The molecule has 1 aliphatic rings. The molecule has 0 aromatic carbocycles. The third-order valence-corrected chi connectivity index (χ3v) is 2.89. The number of aryl methyl sites for hydroxylation is 1. The zero-order valence-electron chi connectivity index (χ0n) is 9.21. The normalized spacial score (nSPS) is 18.2. The maximum Gasteiger partial charge on any atom is 0.0852 e. The molecule has 0 amide bonds. The van der Waals surface area contributed by atoms with Gasteiger partial charge in [-0.3, -0.25) is 10.00 Å². The molecule has 5 nitrogen and oxygen atoms in total. The monoisotopic (exact) mass is 209 g/mol. The van der Waals surface area contributed by atoms with Gasteiger partial charge in [0.1, 0.15) is 0 Å². The number of nitrogens with zero attached hydrogens (tertiary/aromatic N) is 2. The van der Waals surface area contributed by atoms with Gasteiger partial charge in [0.05, 0.1) is 17.1 Å². The lowest BCUT2D eigenvalue weighted by Gasteiger charge is -2.26. The smallest absolute Gasteiger partial charge is 0.0852 e. The van der Waals surface area contributed by atoms with Gasteiger partial charge in [-0.05, 0) is 6.42 Å². The minimum Gasteiger partial charge on any atom is -0.396 e. The average Bonchev–Trinajstić information content (AvgIpc) is 2.62. The van der Waals surface area contributed by atoms with Gasteiger partial charge in [-0.25, -0.2) is 0 Å². The Morgan fingerprint density at radius 3 is 2.73 bits per heavy atom. The van der Waals surface area contributed by atoms with Crippen molar-refractivity contribution in [2.45, 2.75) is 19.9 Å². The van der Waals surface area contributed by atoms with Gasteiger partial charge < -0.3 is 11.1 Å². The molecule has 0 saturated carbocycles. The van der Waals surface area contributed by atoms with Crippen LogP contribution in [0, 0.1) is 0 Å². The van der Waals surface area contributed by atoms with Crippen molar-refractivity contribution in [3.8, 4) is 0 Å². The Bertz CT molecular complexity index is 314. The highest BCUT2D eigenvalue weighted by atomic mass is 15.2. The molecule has 1 aromatic rings. The third-order valence-electron chi connectivity index (χ3n) is 2.89. The number of hydrogen-bond donors (Lipinski definition) is 3. The third kappa shape index (κ3) is 2.30. The number of nitrogen functional groups attached to an aromatic ring is 1. The van der Waals surface area contributed by atoms with Crippen molar-refractivity contribution in [2.75, 3.05) is 31.9 Å². The van der Waals surface area contributed by atoms with E-state index in [1.165, 1.54) is 0 Å². The van der Waals surface area contributed by atoms with Gasteiger partial charge in [0.15, 0.2) is 0 Å². The van der Waals surface area contributed by atoms with E-state index < -0.39 is 0 Å². The van der Waals surface area contributed by atoms with Gasteiger partial charge in [0.25, 0.3) is 0 Å².